The number of rotatable bonds is 6. The standard InChI is InChI=1S/C23H21NO7S/c1-29-23(26)21-10-9-19(31-21)15-30-22(25)17-7-4-8-20(13-17)32(27,28)24-12-11-16-5-2-3-6-18(16)14-24/h2-10,13H,11-12,14-15H2,1H3. The largest absolute Gasteiger partial charge is 0.463 e. The van der Waals surface area contributed by atoms with Crippen molar-refractivity contribution in [3.05, 3.63) is 88.9 Å². The maximum Gasteiger partial charge on any atom is 0.373 e. The molecule has 0 amide bonds. The minimum Gasteiger partial charge on any atom is -0.463 e. The molecule has 0 spiro atoms. The minimum absolute atomic E-state index is 0.00487. The van der Waals surface area contributed by atoms with E-state index in [-0.39, 0.29) is 35.1 Å². The Bertz CT molecular complexity index is 1260. The summed E-state index contributed by atoms with van der Waals surface area (Å²) < 4.78 is 42.8. The van der Waals surface area contributed by atoms with E-state index in [1.807, 2.05) is 24.3 Å². The lowest BCUT2D eigenvalue weighted by Gasteiger charge is -2.28. The number of benzene rings is 2. The summed E-state index contributed by atoms with van der Waals surface area (Å²) in [6.45, 7) is 0.443. The Morgan fingerprint density at radius 1 is 1.00 bits per heavy atom. The van der Waals surface area contributed by atoms with E-state index in [2.05, 4.69) is 4.74 Å². The molecule has 0 radical (unpaired) electrons. The molecule has 1 aromatic heterocycles. The van der Waals surface area contributed by atoms with Gasteiger partial charge in [0.2, 0.25) is 15.8 Å². The van der Waals surface area contributed by atoms with Crippen LogP contribution in [0.3, 0.4) is 0 Å². The molecule has 0 saturated carbocycles. The molecular weight excluding hydrogens is 434 g/mol. The lowest BCUT2D eigenvalue weighted by Crippen LogP contribution is -2.36. The third-order valence-corrected chi connectivity index (χ3v) is 7.04. The summed E-state index contributed by atoms with van der Waals surface area (Å²) in [7, 11) is -2.55. The molecule has 9 heteroatoms. The van der Waals surface area contributed by atoms with E-state index < -0.39 is 22.0 Å². The van der Waals surface area contributed by atoms with Crippen molar-refractivity contribution in [3.63, 3.8) is 0 Å². The first-order chi connectivity index (χ1) is 15.4. The number of furan rings is 1. The summed E-state index contributed by atoms with van der Waals surface area (Å²) >= 11 is 0. The minimum atomic E-state index is -3.78. The van der Waals surface area contributed by atoms with E-state index in [9.17, 15) is 18.0 Å². The second-order valence-corrected chi connectivity index (χ2v) is 9.16. The third kappa shape index (κ3) is 4.44. The van der Waals surface area contributed by atoms with Crippen molar-refractivity contribution >= 4 is 22.0 Å². The fraction of sp³-hybridized carbons (Fsp3) is 0.217. The summed E-state index contributed by atoms with van der Waals surface area (Å²) in [4.78, 5) is 23.9. The molecule has 0 saturated heterocycles. The van der Waals surface area contributed by atoms with Gasteiger partial charge in [0.05, 0.1) is 17.6 Å². The zero-order chi connectivity index (χ0) is 22.7. The first kappa shape index (κ1) is 21.8. The molecule has 0 bridgehead atoms. The maximum absolute atomic E-state index is 13.2. The van der Waals surface area contributed by atoms with Gasteiger partial charge in [0.25, 0.3) is 0 Å². The van der Waals surface area contributed by atoms with E-state index in [0.717, 1.165) is 11.1 Å². The smallest absolute Gasteiger partial charge is 0.373 e. The molecular formula is C23H21NO7S. The van der Waals surface area contributed by atoms with Gasteiger partial charge in [0, 0.05) is 13.1 Å². The van der Waals surface area contributed by atoms with Crippen LogP contribution >= 0.6 is 0 Å². The Kier molecular flexibility index (Phi) is 6.11. The lowest BCUT2D eigenvalue weighted by molar-refractivity contribution is 0.0438. The molecule has 3 aromatic rings. The molecule has 2 heterocycles. The van der Waals surface area contributed by atoms with Gasteiger partial charge in [0.15, 0.2) is 0 Å². The average Bonchev–Trinajstić information content (AvgIpc) is 3.31. The highest BCUT2D eigenvalue weighted by molar-refractivity contribution is 7.89. The van der Waals surface area contributed by atoms with Crippen LogP contribution in [0.15, 0.2) is 70.0 Å². The Labute approximate surface area is 185 Å². The van der Waals surface area contributed by atoms with Crippen LogP contribution in [-0.2, 0) is 39.1 Å². The van der Waals surface area contributed by atoms with Crippen molar-refractivity contribution in [3.8, 4) is 0 Å². The summed E-state index contributed by atoms with van der Waals surface area (Å²) in [5.41, 5.74) is 2.22. The SMILES string of the molecule is COC(=O)c1ccc(COC(=O)c2cccc(S(=O)(=O)N3CCc4ccccc4C3)c2)o1. The number of hydrogen-bond acceptors (Lipinski definition) is 7. The number of fused-ring (bicyclic) bond motifs is 1. The summed E-state index contributed by atoms with van der Waals surface area (Å²) in [6, 6.07) is 16.4. The van der Waals surface area contributed by atoms with Gasteiger partial charge in [-0.25, -0.2) is 18.0 Å². The molecule has 0 atom stereocenters. The highest BCUT2D eigenvalue weighted by atomic mass is 32.2. The zero-order valence-electron chi connectivity index (χ0n) is 17.3. The normalized spacial score (nSPS) is 13.9. The van der Waals surface area contributed by atoms with Crippen LogP contribution in [0.5, 0.6) is 0 Å². The number of carbonyl (C=O) groups excluding carboxylic acids is 2. The fourth-order valence-electron chi connectivity index (χ4n) is 3.49. The molecule has 2 aromatic carbocycles. The molecule has 0 aliphatic carbocycles. The van der Waals surface area contributed by atoms with E-state index in [4.69, 9.17) is 9.15 Å². The van der Waals surface area contributed by atoms with Crippen LogP contribution in [0.2, 0.25) is 0 Å². The number of ether oxygens (including phenoxy) is 2. The van der Waals surface area contributed by atoms with Crippen LogP contribution in [0.25, 0.3) is 0 Å². The van der Waals surface area contributed by atoms with Gasteiger partial charge in [-0.05, 0) is 47.9 Å². The first-order valence-electron chi connectivity index (χ1n) is 9.89. The fourth-order valence-corrected chi connectivity index (χ4v) is 4.96. The Morgan fingerprint density at radius 3 is 2.56 bits per heavy atom. The highest BCUT2D eigenvalue weighted by Crippen LogP contribution is 2.25. The molecule has 166 valence electrons. The number of carbonyl (C=O) groups is 2. The van der Waals surface area contributed by atoms with E-state index in [1.54, 1.807) is 0 Å². The number of esters is 2. The van der Waals surface area contributed by atoms with Crippen LogP contribution in [-0.4, -0.2) is 38.3 Å². The molecule has 0 fully saturated rings. The topological polar surface area (TPSA) is 103 Å². The molecule has 0 unspecified atom stereocenters. The van der Waals surface area contributed by atoms with Gasteiger partial charge in [-0.3, -0.25) is 0 Å². The number of nitrogens with zero attached hydrogens (tertiary/aromatic N) is 1. The second kappa shape index (κ2) is 8.97. The Balaban J connectivity index is 1.46. The van der Waals surface area contributed by atoms with Gasteiger partial charge in [0.1, 0.15) is 12.4 Å². The van der Waals surface area contributed by atoms with Crippen LogP contribution in [0.1, 0.15) is 37.8 Å². The Morgan fingerprint density at radius 2 is 1.78 bits per heavy atom. The van der Waals surface area contributed by atoms with Crippen molar-refractivity contribution in [2.24, 2.45) is 0 Å². The van der Waals surface area contributed by atoms with Crippen molar-refractivity contribution in [1.82, 2.24) is 4.31 Å². The predicted octanol–water partition coefficient (Wildman–Crippen LogP) is 3.17. The van der Waals surface area contributed by atoms with Gasteiger partial charge in [-0.15, -0.1) is 0 Å². The monoisotopic (exact) mass is 455 g/mol. The van der Waals surface area contributed by atoms with Gasteiger partial charge >= 0.3 is 11.9 Å². The zero-order valence-corrected chi connectivity index (χ0v) is 18.1. The van der Waals surface area contributed by atoms with E-state index in [1.165, 1.54) is 47.8 Å². The molecule has 1 aliphatic heterocycles. The van der Waals surface area contributed by atoms with Crippen LogP contribution < -0.4 is 0 Å². The van der Waals surface area contributed by atoms with E-state index in [0.29, 0.717) is 13.0 Å². The van der Waals surface area contributed by atoms with Crippen molar-refractivity contribution < 1.29 is 31.9 Å². The summed E-state index contributed by atoms with van der Waals surface area (Å²) in [6.07, 6.45) is 0.633. The molecule has 0 N–H and O–H groups in total. The predicted molar refractivity (Wildman–Crippen MR) is 113 cm³/mol. The van der Waals surface area contributed by atoms with Crippen LogP contribution in [0, 0.1) is 0 Å². The number of hydrogen-bond donors (Lipinski definition) is 0. The first-order valence-corrected chi connectivity index (χ1v) is 11.3. The average molecular weight is 455 g/mol. The van der Waals surface area contributed by atoms with E-state index >= 15 is 0 Å². The highest BCUT2D eigenvalue weighted by Gasteiger charge is 2.28. The second-order valence-electron chi connectivity index (χ2n) is 7.22. The number of sulfonamides is 1. The quantitative estimate of drug-likeness (QED) is 0.526. The molecule has 4 rings (SSSR count). The lowest BCUT2D eigenvalue weighted by atomic mass is 10.0. The molecule has 32 heavy (non-hydrogen) atoms. The molecule has 8 nitrogen and oxygen atoms in total. The van der Waals surface area contributed by atoms with Crippen LogP contribution in [0.4, 0.5) is 0 Å². The van der Waals surface area contributed by atoms with Crippen molar-refractivity contribution in [1.29, 1.82) is 0 Å². The molecule has 1 aliphatic rings. The number of methoxy groups -OCH3 is 1. The van der Waals surface area contributed by atoms with Gasteiger partial charge in [-0.1, -0.05) is 30.3 Å². The maximum atomic E-state index is 13.2. The Hall–Kier alpha value is -3.43. The summed E-state index contributed by atoms with van der Waals surface area (Å²) in [5, 5.41) is 0. The van der Waals surface area contributed by atoms with Gasteiger partial charge in [-0.2, -0.15) is 4.31 Å². The summed E-state index contributed by atoms with van der Waals surface area (Å²) in [5.74, 6) is -1.09. The van der Waals surface area contributed by atoms with Gasteiger partial charge < -0.3 is 13.9 Å². The van der Waals surface area contributed by atoms with Crippen molar-refractivity contribution in [2.45, 2.75) is 24.5 Å². The van der Waals surface area contributed by atoms with Crippen molar-refractivity contribution in [2.75, 3.05) is 13.7 Å². The third-order valence-electron chi connectivity index (χ3n) is 5.20.